The van der Waals surface area contributed by atoms with Gasteiger partial charge in [0.1, 0.15) is 6.61 Å². The van der Waals surface area contributed by atoms with E-state index < -0.39 is 6.10 Å². The molecule has 0 amide bonds. The first-order valence-corrected chi connectivity index (χ1v) is 10.5. The first-order chi connectivity index (χ1) is 14.5. The highest BCUT2D eigenvalue weighted by molar-refractivity contribution is 6.36. The van der Waals surface area contributed by atoms with Gasteiger partial charge >= 0.3 is 0 Å². The van der Waals surface area contributed by atoms with E-state index in [1.54, 1.807) is 31.4 Å². The second kappa shape index (κ2) is 10.9. The Morgan fingerprint density at radius 3 is 2.30 bits per heavy atom. The maximum Gasteiger partial charge on any atom is 0.180 e. The molecular formula is C23H22Cl3NO3. The smallest absolute Gasteiger partial charge is 0.180 e. The van der Waals surface area contributed by atoms with Crippen molar-refractivity contribution in [3.05, 3.63) is 92.4 Å². The highest BCUT2D eigenvalue weighted by Gasteiger charge is 2.15. The van der Waals surface area contributed by atoms with Crippen molar-refractivity contribution in [1.82, 2.24) is 5.32 Å². The fraction of sp³-hybridized carbons (Fsp3) is 0.217. The molecule has 0 saturated heterocycles. The Morgan fingerprint density at radius 2 is 1.63 bits per heavy atom. The predicted molar refractivity (Wildman–Crippen MR) is 122 cm³/mol. The summed E-state index contributed by atoms with van der Waals surface area (Å²) >= 11 is 18.9. The van der Waals surface area contributed by atoms with Gasteiger partial charge in [-0.05, 0) is 35.4 Å². The van der Waals surface area contributed by atoms with Gasteiger partial charge in [0.05, 0.1) is 18.2 Å². The van der Waals surface area contributed by atoms with E-state index in [0.717, 1.165) is 11.1 Å². The first kappa shape index (κ1) is 22.7. The van der Waals surface area contributed by atoms with Crippen LogP contribution in [0.5, 0.6) is 11.5 Å². The number of hydrogen-bond acceptors (Lipinski definition) is 4. The Morgan fingerprint density at radius 1 is 0.933 bits per heavy atom. The van der Waals surface area contributed by atoms with Gasteiger partial charge in [0, 0.05) is 28.7 Å². The van der Waals surface area contributed by atoms with Gasteiger partial charge in [-0.25, -0.2) is 0 Å². The minimum Gasteiger partial charge on any atom is -0.493 e. The molecule has 0 heterocycles. The number of halogens is 3. The van der Waals surface area contributed by atoms with E-state index in [1.165, 1.54) is 0 Å². The van der Waals surface area contributed by atoms with Crippen LogP contribution >= 0.6 is 34.8 Å². The summed E-state index contributed by atoms with van der Waals surface area (Å²) in [7, 11) is 1.55. The Bertz CT molecular complexity index is 963. The molecule has 0 radical (unpaired) electrons. The van der Waals surface area contributed by atoms with Crippen LogP contribution < -0.4 is 14.8 Å². The Kier molecular flexibility index (Phi) is 8.25. The number of benzene rings is 3. The van der Waals surface area contributed by atoms with Crippen LogP contribution in [0.25, 0.3) is 0 Å². The van der Waals surface area contributed by atoms with Crippen LogP contribution in [0.2, 0.25) is 15.1 Å². The molecule has 4 nitrogen and oxygen atoms in total. The molecule has 3 aromatic carbocycles. The Hall–Kier alpha value is -1.95. The molecule has 1 atom stereocenters. The van der Waals surface area contributed by atoms with Crippen LogP contribution in [0.3, 0.4) is 0 Å². The highest BCUT2D eigenvalue weighted by atomic mass is 35.5. The van der Waals surface area contributed by atoms with Gasteiger partial charge in [0.2, 0.25) is 0 Å². The third kappa shape index (κ3) is 5.81. The van der Waals surface area contributed by atoms with Crippen molar-refractivity contribution in [3.8, 4) is 11.5 Å². The van der Waals surface area contributed by atoms with Crippen LogP contribution in [-0.2, 0) is 13.2 Å². The molecule has 158 valence electrons. The molecule has 0 spiro atoms. The summed E-state index contributed by atoms with van der Waals surface area (Å²) in [5, 5.41) is 15.0. The summed E-state index contributed by atoms with van der Waals surface area (Å²) in [6, 6.07) is 18.4. The van der Waals surface area contributed by atoms with E-state index in [0.29, 0.717) is 45.2 Å². The van der Waals surface area contributed by atoms with Crippen LogP contribution in [0.1, 0.15) is 22.8 Å². The summed E-state index contributed by atoms with van der Waals surface area (Å²) in [5.41, 5.74) is 2.45. The van der Waals surface area contributed by atoms with Crippen molar-refractivity contribution in [2.24, 2.45) is 0 Å². The van der Waals surface area contributed by atoms with E-state index in [9.17, 15) is 5.11 Å². The van der Waals surface area contributed by atoms with Gasteiger partial charge in [0.15, 0.2) is 11.5 Å². The molecule has 0 aliphatic carbocycles. The number of aliphatic hydroxyl groups excluding tert-OH is 1. The molecule has 7 heteroatoms. The average Bonchev–Trinajstić information content (AvgIpc) is 2.74. The van der Waals surface area contributed by atoms with Crippen molar-refractivity contribution >= 4 is 34.8 Å². The predicted octanol–water partition coefficient (Wildman–Crippen LogP) is 6.06. The fourth-order valence-corrected chi connectivity index (χ4v) is 3.77. The topological polar surface area (TPSA) is 50.7 Å². The highest BCUT2D eigenvalue weighted by Crippen LogP contribution is 2.38. The molecule has 30 heavy (non-hydrogen) atoms. The van der Waals surface area contributed by atoms with E-state index >= 15 is 0 Å². The molecule has 2 N–H and O–H groups in total. The summed E-state index contributed by atoms with van der Waals surface area (Å²) < 4.78 is 11.3. The standard InChI is InChI=1S/C23H22Cl3NO3/c1-29-22-11-15(12-27-13-21(28)16-6-3-2-4-7-16)10-20(26)23(22)30-14-17-18(24)8-5-9-19(17)25/h2-11,21,27-28H,12-14H2,1H3/t21-/m0/s1. The van der Waals surface area contributed by atoms with Gasteiger partial charge in [-0.15, -0.1) is 0 Å². The molecular weight excluding hydrogens is 445 g/mol. The molecule has 0 bridgehead atoms. The molecule has 0 fully saturated rings. The summed E-state index contributed by atoms with van der Waals surface area (Å²) in [6.45, 7) is 1.08. The van der Waals surface area contributed by atoms with Crippen LogP contribution in [0, 0.1) is 0 Å². The maximum atomic E-state index is 10.3. The number of ether oxygens (including phenoxy) is 2. The lowest BCUT2D eigenvalue weighted by atomic mass is 10.1. The summed E-state index contributed by atoms with van der Waals surface area (Å²) in [4.78, 5) is 0. The first-order valence-electron chi connectivity index (χ1n) is 9.35. The Balaban J connectivity index is 1.65. The lowest BCUT2D eigenvalue weighted by molar-refractivity contribution is 0.174. The van der Waals surface area contributed by atoms with Crippen molar-refractivity contribution in [3.63, 3.8) is 0 Å². The largest absolute Gasteiger partial charge is 0.493 e. The number of aliphatic hydroxyl groups is 1. The molecule has 0 saturated carbocycles. The number of hydrogen-bond donors (Lipinski definition) is 2. The molecule has 3 aromatic rings. The van der Waals surface area contributed by atoms with Crippen LogP contribution in [0.15, 0.2) is 60.7 Å². The maximum absolute atomic E-state index is 10.3. The van der Waals surface area contributed by atoms with Crippen LogP contribution in [0.4, 0.5) is 0 Å². The minimum absolute atomic E-state index is 0.162. The number of rotatable bonds is 9. The molecule has 0 aromatic heterocycles. The van der Waals surface area contributed by atoms with Gasteiger partial charge in [-0.3, -0.25) is 0 Å². The number of methoxy groups -OCH3 is 1. The molecule has 0 aliphatic rings. The second-order valence-corrected chi connectivity index (χ2v) is 7.88. The van der Waals surface area contributed by atoms with E-state index in [2.05, 4.69) is 5.32 Å². The fourth-order valence-electron chi connectivity index (χ4n) is 2.98. The normalized spacial score (nSPS) is 11.9. The molecule has 0 aliphatic heterocycles. The summed E-state index contributed by atoms with van der Waals surface area (Å²) in [6.07, 6.45) is -0.591. The third-order valence-corrected chi connectivity index (χ3v) is 5.55. The summed E-state index contributed by atoms with van der Waals surface area (Å²) in [5.74, 6) is 0.925. The van der Waals surface area contributed by atoms with Gasteiger partial charge in [-0.1, -0.05) is 71.2 Å². The van der Waals surface area contributed by atoms with E-state index in [4.69, 9.17) is 44.3 Å². The zero-order valence-corrected chi connectivity index (χ0v) is 18.6. The zero-order valence-electron chi connectivity index (χ0n) is 16.4. The van der Waals surface area contributed by atoms with Crippen LogP contribution in [-0.4, -0.2) is 18.8 Å². The van der Waals surface area contributed by atoms with Gasteiger partial charge < -0.3 is 19.9 Å². The lowest BCUT2D eigenvalue weighted by Crippen LogP contribution is -2.21. The van der Waals surface area contributed by atoms with Gasteiger partial charge in [-0.2, -0.15) is 0 Å². The molecule has 0 unspecified atom stereocenters. The molecule has 3 rings (SSSR count). The third-order valence-electron chi connectivity index (χ3n) is 4.56. The second-order valence-electron chi connectivity index (χ2n) is 6.66. The average molecular weight is 467 g/mol. The van der Waals surface area contributed by atoms with E-state index in [1.807, 2.05) is 36.4 Å². The Labute approximate surface area is 191 Å². The van der Waals surface area contributed by atoms with Crippen molar-refractivity contribution < 1.29 is 14.6 Å². The number of nitrogens with one attached hydrogen (secondary N) is 1. The zero-order chi connectivity index (χ0) is 21.5. The quantitative estimate of drug-likeness (QED) is 0.402. The minimum atomic E-state index is -0.591. The van der Waals surface area contributed by atoms with Crippen molar-refractivity contribution in [1.29, 1.82) is 0 Å². The monoisotopic (exact) mass is 465 g/mol. The van der Waals surface area contributed by atoms with Crippen molar-refractivity contribution in [2.75, 3.05) is 13.7 Å². The van der Waals surface area contributed by atoms with Gasteiger partial charge in [0.25, 0.3) is 0 Å². The lowest BCUT2D eigenvalue weighted by Gasteiger charge is -2.16. The van der Waals surface area contributed by atoms with Crippen molar-refractivity contribution in [2.45, 2.75) is 19.3 Å². The van der Waals surface area contributed by atoms with E-state index in [-0.39, 0.29) is 6.61 Å². The SMILES string of the molecule is COc1cc(CNC[C@H](O)c2ccccc2)cc(Cl)c1OCc1c(Cl)cccc1Cl.